The van der Waals surface area contributed by atoms with Gasteiger partial charge in [0.1, 0.15) is 12.3 Å². The van der Waals surface area contributed by atoms with Crippen molar-refractivity contribution in [3.8, 4) is 0 Å². The molecular weight excluding hydrogens is 334 g/mol. The van der Waals surface area contributed by atoms with E-state index in [-0.39, 0.29) is 18.5 Å². The Hall–Kier alpha value is -3.03. The highest BCUT2D eigenvalue weighted by Crippen LogP contribution is 2.16. The van der Waals surface area contributed by atoms with Crippen LogP contribution in [0.4, 0.5) is 4.79 Å². The highest BCUT2D eigenvalue weighted by atomic mass is 16.6. The molecule has 0 bridgehead atoms. The van der Waals surface area contributed by atoms with Crippen LogP contribution >= 0.6 is 0 Å². The zero-order chi connectivity index (χ0) is 18.7. The van der Waals surface area contributed by atoms with E-state index in [0.29, 0.717) is 25.3 Å². The van der Waals surface area contributed by atoms with Gasteiger partial charge in [-0.25, -0.2) is 4.79 Å². The van der Waals surface area contributed by atoms with Crippen LogP contribution in [0.1, 0.15) is 34.5 Å². The van der Waals surface area contributed by atoms with E-state index in [1.807, 2.05) is 26.0 Å². The maximum absolute atomic E-state index is 12.5. The number of hydrogen-bond acceptors (Lipinski definition) is 5. The van der Waals surface area contributed by atoms with E-state index in [2.05, 4.69) is 16.3 Å². The Morgan fingerprint density at radius 3 is 2.69 bits per heavy atom. The Morgan fingerprint density at radius 1 is 1.27 bits per heavy atom. The number of nitrogens with zero attached hydrogens (tertiary/aromatic N) is 4. The molecule has 2 heterocycles. The molecule has 26 heavy (non-hydrogen) atoms. The molecule has 0 saturated carbocycles. The minimum absolute atomic E-state index is 0.0467. The van der Waals surface area contributed by atoms with Gasteiger partial charge in [-0.2, -0.15) is 5.10 Å². The standard InChI is InChI=1S/C18H23N5O3/c1-12-6-13(2)8-14(7-12)11-26-18(24)22-4-3-5-23-15(10-22)9-16(20-23)17(19)21-25/h6-9,25H,3-5,10-11H2,1-2H3,(H2,19,21). The summed E-state index contributed by atoms with van der Waals surface area (Å²) in [6.07, 6.45) is 0.396. The van der Waals surface area contributed by atoms with Gasteiger partial charge >= 0.3 is 6.09 Å². The summed E-state index contributed by atoms with van der Waals surface area (Å²) < 4.78 is 7.27. The minimum Gasteiger partial charge on any atom is -0.445 e. The summed E-state index contributed by atoms with van der Waals surface area (Å²) in [6.45, 7) is 5.91. The summed E-state index contributed by atoms with van der Waals surface area (Å²) in [5.74, 6) is -0.0467. The SMILES string of the molecule is Cc1cc(C)cc(COC(=O)N2CCCn3nc(/C(N)=N/O)cc3C2)c1. The molecule has 0 atom stereocenters. The van der Waals surface area contributed by atoms with Crippen molar-refractivity contribution in [2.75, 3.05) is 6.54 Å². The van der Waals surface area contributed by atoms with Gasteiger partial charge < -0.3 is 20.6 Å². The smallest absolute Gasteiger partial charge is 0.410 e. The van der Waals surface area contributed by atoms with Crippen LogP contribution in [0.2, 0.25) is 0 Å². The van der Waals surface area contributed by atoms with E-state index < -0.39 is 0 Å². The zero-order valence-electron chi connectivity index (χ0n) is 15.0. The zero-order valence-corrected chi connectivity index (χ0v) is 15.0. The van der Waals surface area contributed by atoms with Crippen molar-refractivity contribution >= 4 is 11.9 Å². The third kappa shape index (κ3) is 3.96. The van der Waals surface area contributed by atoms with Gasteiger partial charge in [0.05, 0.1) is 12.2 Å². The maximum atomic E-state index is 12.5. The molecule has 1 aromatic heterocycles. The quantitative estimate of drug-likeness (QED) is 0.379. The monoisotopic (exact) mass is 357 g/mol. The number of aromatic nitrogens is 2. The third-order valence-corrected chi connectivity index (χ3v) is 4.29. The van der Waals surface area contributed by atoms with Gasteiger partial charge in [-0.05, 0) is 31.9 Å². The molecule has 0 aliphatic carbocycles. The number of aryl methyl sites for hydroxylation is 3. The Labute approximate surface area is 151 Å². The van der Waals surface area contributed by atoms with Crippen LogP contribution in [-0.2, 0) is 24.4 Å². The second-order valence-corrected chi connectivity index (χ2v) is 6.55. The van der Waals surface area contributed by atoms with Crippen LogP contribution in [0, 0.1) is 13.8 Å². The molecule has 3 N–H and O–H groups in total. The summed E-state index contributed by atoms with van der Waals surface area (Å²) >= 11 is 0. The summed E-state index contributed by atoms with van der Waals surface area (Å²) in [5.41, 5.74) is 10.1. The summed E-state index contributed by atoms with van der Waals surface area (Å²) in [4.78, 5) is 14.1. The topological polar surface area (TPSA) is 106 Å². The highest BCUT2D eigenvalue weighted by Gasteiger charge is 2.22. The summed E-state index contributed by atoms with van der Waals surface area (Å²) in [7, 11) is 0. The third-order valence-electron chi connectivity index (χ3n) is 4.29. The van der Waals surface area contributed by atoms with Crippen LogP contribution in [0.25, 0.3) is 0 Å². The van der Waals surface area contributed by atoms with Crippen LogP contribution in [-0.4, -0.2) is 38.4 Å². The van der Waals surface area contributed by atoms with E-state index >= 15 is 0 Å². The molecule has 0 saturated heterocycles. The summed E-state index contributed by atoms with van der Waals surface area (Å²) in [5, 5.41) is 16.1. The van der Waals surface area contributed by atoms with Gasteiger partial charge in [0.25, 0.3) is 0 Å². The van der Waals surface area contributed by atoms with Crippen LogP contribution in [0.5, 0.6) is 0 Å². The number of carbonyl (C=O) groups is 1. The molecule has 0 fully saturated rings. The molecule has 0 spiro atoms. The molecule has 1 amide bonds. The number of ether oxygens (including phenoxy) is 1. The van der Waals surface area contributed by atoms with E-state index in [4.69, 9.17) is 15.7 Å². The molecule has 1 aliphatic rings. The number of oxime groups is 1. The second kappa shape index (κ2) is 7.47. The first-order valence-electron chi connectivity index (χ1n) is 8.50. The minimum atomic E-state index is -0.357. The van der Waals surface area contributed by atoms with Crippen molar-refractivity contribution in [3.63, 3.8) is 0 Å². The lowest BCUT2D eigenvalue weighted by Gasteiger charge is -2.19. The highest BCUT2D eigenvalue weighted by molar-refractivity contribution is 5.95. The fraction of sp³-hybridized carbons (Fsp3) is 0.389. The van der Waals surface area contributed by atoms with Crippen molar-refractivity contribution < 1.29 is 14.7 Å². The molecule has 8 nitrogen and oxygen atoms in total. The second-order valence-electron chi connectivity index (χ2n) is 6.55. The molecular formula is C18H23N5O3. The number of amidine groups is 1. The molecule has 138 valence electrons. The Bertz CT molecular complexity index is 823. The largest absolute Gasteiger partial charge is 0.445 e. The van der Waals surface area contributed by atoms with Crippen molar-refractivity contribution in [3.05, 3.63) is 52.3 Å². The van der Waals surface area contributed by atoms with Crippen LogP contribution < -0.4 is 5.73 Å². The molecule has 1 aromatic carbocycles. The predicted molar refractivity (Wildman–Crippen MR) is 95.9 cm³/mol. The van der Waals surface area contributed by atoms with Crippen molar-refractivity contribution in [1.82, 2.24) is 14.7 Å². The molecule has 8 heteroatoms. The lowest BCUT2D eigenvalue weighted by molar-refractivity contribution is 0.0942. The fourth-order valence-electron chi connectivity index (χ4n) is 3.18. The normalized spacial score (nSPS) is 14.7. The van der Waals surface area contributed by atoms with Gasteiger partial charge in [-0.3, -0.25) is 4.68 Å². The summed E-state index contributed by atoms with van der Waals surface area (Å²) in [6, 6.07) is 7.84. The van der Waals surface area contributed by atoms with E-state index in [0.717, 1.165) is 28.8 Å². The first-order chi connectivity index (χ1) is 12.5. The van der Waals surface area contributed by atoms with Gasteiger partial charge in [0, 0.05) is 13.1 Å². The number of nitrogens with two attached hydrogens (primary N) is 1. The maximum Gasteiger partial charge on any atom is 0.410 e. The van der Waals surface area contributed by atoms with Crippen LogP contribution in [0.15, 0.2) is 29.4 Å². The lowest BCUT2D eigenvalue weighted by Crippen LogP contribution is -2.31. The molecule has 1 aliphatic heterocycles. The molecule has 0 radical (unpaired) electrons. The first kappa shape index (κ1) is 17.8. The van der Waals surface area contributed by atoms with Crippen molar-refractivity contribution in [2.45, 2.75) is 40.0 Å². The molecule has 2 aromatic rings. The average Bonchev–Trinajstić information content (AvgIpc) is 2.89. The van der Waals surface area contributed by atoms with Crippen LogP contribution in [0.3, 0.4) is 0 Å². The van der Waals surface area contributed by atoms with E-state index in [1.54, 1.807) is 15.6 Å². The van der Waals surface area contributed by atoms with Gasteiger partial charge in [0.15, 0.2) is 5.84 Å². The number of hydrogen-bond donors (Lipinski definition) is 2. The lowest BCUT2D eigenvalue weighted by atomic mass is 10.1. The number of rotatable bonds is 3. The Kier molecular flexibility index (Phi) is 5.11. The van der Waals surface area contributed by atoms with Crippen molar-refractivity contribution in [1.29, 1.82) is 0 Å². The predicted octanol–water partition coefficient (Wildman–Crippen LogP) is 2.14. The van der Waals surface area contributed by atoms with Crippen molar-refractivity contribution in [2.24, 2.45) is 10.9 Å². The van der Waals surface area contributed by atoms with Gasteiger partial charge in [-0.1, -0.05) is 34.5 Å². The van der Waals surface area contributed by atoms with E-state index in [1.165, 1.54) is 0 Å². The number of carbonyl (C=O) groups excluding carboxylic acids is 1. The number of benzene rings is 1. The average molecular weight is 357 g/mol. The first-order valence-corrected chi connectivity index (χ1v) is 8.50. The molecule has 0 unspecified atom stereocenters. The Morgan fingerprint density at radius 2 is 2.00 bits per heavy atom. The fourth-order valence-corrected chi connectivity index (χ4v) is 3.18. The number of amides is 1. The van der Waals surface area contributed by atoms with Gasteiger partial charge in [-0.15, -0.1) is 0 Å². The van der Waals surface area contributed by atoms with E-state index in [9.17, 15) is 4.79 Å². The number of fused-ring (bicyclic) bond motifs is 1. The molecule has 3 rings (SSSR count). The Balaban J connectivity index is 1.67. The van der Waals surface area contributed by atoms with Gasteiger partial charge in [0.2, 0.25) is 0 Å².